The maximum absolute atomic E-state index is 10.8. The highest BCUT2D eigenvalue weighted by Crippen LogP contribution is 2.51. The molecule has 0 spiro atoms. The second-order valence-electron chi connectivity index (χ2n) is 3.50. The van der Waals surface area contributed by atoms with Crippen molar-refractivity contribution in [3.05, 3.63) is 27.2 Å². The summed E-state index contributed by atoms with van der Waals surface area (Å²) in [5.41, 5.74) is 0.575. The van der Waals surface area contributed by atoms with E-state index in [4.69, 9.17) is 21.4 Å². The van der Waals surface area contributed by atoms with Gasteiger partial charge in [0, 0.05) is 10.2 Å². The van der Waals surface area contributed by atoms with Crippen molar-refractivity contribution in [3.8, 4) is 0 Å². The molecule has 1 aromatic carbocycles. The minimum atomic E-state index is -4.83. The molecule has 1 atom stereocenters. The van der Waals surface area contributed by atoms with Crippen LogP contribution in [0, 0.1) is 0 Å². The van der Waals surface area contributed by atoms with Gasteiger partial charge in [-0.1, -0.05) is 11.6 Å². The Labute approximate surface area is 110 Å². The fourth-order valence-corrected chi connectivity index (χ4v) is 2.85. The Hall–Kier alpha value is -0.140. The van der Waals surface area contributed by atoms with E-state index in [1.807, 2.05) is 0 Å². The van der Waals surface area contributed by atoms with Crippen LogP contribution in [0.25, 0.3) is 0 Å². The van der Waals surface area contributed by atoms with E-state index in [1.54, 1.807) is 12.1 Å². The summed E-state index contributed by atoms with van der Waals surface area (Å²) in [6.07, 6.45) is 0. The summed E-state index contributed by atoms with van der Waals surface area (Å²) in [5.74, 6) is -2.14. The molecule has 1 aliphatic heterocycles. The highest BCUT2D eigenvalue weighted by molar-refractivity contribution is 9.10. The summed E-state index contributed by atoms with van der Waals surface area (Å²) in [6, 6.07) is 3.27. The van der Waals surface area contributed by atoms with Crippen molar-refractivity contribution in [3.63, 3.8) is 0 Å². The normalized spacial score (nSPS) is 23.4. The highest BCUT2D eigenvalue weighted by Gasteiger charge is 2.45. The Morgan fingerprint density at radius 3 is 2.76 bits per heavy atom. The van der Waals surface area contributed by atoms with Gasteiger partial charge in [-0.2, -0.15) is 0 Å². The molecule has 1 heterocycles. The molecule has 17 heavy (non-hydrogen) atoms. The van der Waals surface area contributed by atoms with Gasteiger partial charge < -0.3 is 20.2 Å². The fourth-order valence-electron chi connectivity index (χ4n) is 1.66. The van der Waals surface area contributed by atoms with Crippen LogP contribution in [0.1, 0.15) is 5.56 Å². The average Bonchev–Trinajstić information content (AvgIpc) is 2.47. The first-order chi connectivity index (χ1) is 7.73. The highest BCUT2D eigenvalue weighted by atomic mass is 79.9. The van der Waals surface area contributed by atoms with Gasteiger partial charge in [0.1, 0.15) is 0 Å². The van der Waals surface area contributed by atoms with Crippen molar-refractivity contribution in [2.45, 2.75) is 5.79 Å². The summed E-state index contributed by atoms with van der Waals surface area (Å²) in [5, 5.41) is 13.0. The molecular weight excluding hydrogens is 336 g/mol. The lowest BCUT2D eigenvalue weighted by Crippen LogP contribution is -2.30. The molecule has 4 N–H and O–H groups in total. The van der Waals surface area contributed by atoms with Gasteiger partial charge in [0.2, 0.25) is 5.79 Å². The van der Waals surface area contributed by atoms with E-state index in [0.717, 1.165) is 0 Å². The zero-order valence-electron chi connectivity index (χ0n) is 8.22. The monoisotopic (exact) mass is 343 g/mol. The van der Waals surface area contributed by atoms with Crippen LogP contribution in [0.15, 0.2) is 16.6 Å². The number of nitrogens with one attached hydrogen (secondary N) is 1. The fraction of sp³-hybridized carbons (Fsp3) is 0.250. The number of rotatable bonds is 2. The Kier molecular flexibility index (Phi) is 3.29. The Balaban J connectivity index is 2.52. The topological polar surface area (TPSA) is 99.0 Å². The molecule has 0 radical (unpaired) electrons. The van der Waals surface area contributed by atoms with Gasteiger partial charge in [0.05, 0.1) is 17.1 Å². The van der Waals surface area contributed by atoms with Gasteiger partial charge in [0.15, 0.2) is 0 Å². The number of aliphatic hydroxyl groups is 1. The summed E-state index contributed by atoms with van der Waals surface area (Å²) < 4.78 is 15.7. The van der Waals surface area contributed by atoms with Crippen LogP contribution in [0.2, 0.25) is 5.02 Å². The van der Waals surface area contributed by atoms with Crippen LogP contribution in [-0.2, 0) is 14.9 Å². The number of phosphoric acid groups is 1. The van der Waals surface area contributed by atoms with Crippen LogP contribution in [-0.4, -0.2) is 21.4 Å². The van der Waals surface area contributed by atoms with E-state index < -0.39 is 13.6 Å². The van der Waals surface area contributed by atoms with Gasteiger partial charge in [-0.3, -0.25) is 0 Å². The standard InChI is InChI=1S/C8H8BrClNO5P/c9-4-1-2-5-6(7(4)10)8(12,3-11-5)16-17(13,14)15/h1-2,11-12H,3H2,(H2,13,14,15). The zero-order valence-corrected chi connectivity index (χ0v) is 11.5. The van der Waals surface area contributed by atoms with E-state index in [1.165, 1.54) is 0 Å². The Morgan fingerprint density at radius 1 is 1.53 bits per heavy atom. The lowest BCUT2D eigenvalue weighted by Gasteiger charge is -2.24. The van der Waals surface area contributed by atoms with Crippen molar-refractivity contribution >= 4 is 41.0 Å². The third-order valence-electron chi connectivity index (χ3n) is 2.27. The molecule has 9 heteroatoms. The first kappa shape index (κ1) is 13.3. The number of hydrogen-bond acceptors (Lipinski definition) is 4. The summed E-state index contributed by atoms with van der Waals surface area (Å²) >= 11 is 9.13. The van der Waals surface area contributed by atoms with Crippen molar-refractivity contribution in [2.75, 3.05) is 11.9 Å². The molecule has 0 aliphatic carbocycles. The van der Waals surface area contributed by atoms with Crippen molar-refractivity contribution < 1.29 is 24.0 Å². The maximum atomic E-state index is 10.8. The van der Waals surface area contributed by atoms with Crippen LogP contribution >= 0.6 is 35.4 Å². The van der Waals surface area contributed by atoms with Crippen LogP contribution in [0.3, 0.4) is 0 Å². The van der Waals surface area contributed by atoms with Crippen molar-refractivity contribution in [1.82, 2.24) is 0 Å². The van der Waals surface area contributed by atoms with Gasteiger partial charge in [-0.05, 0) is 28.1 Å². The van der Waals surface area contributed by atoms with Gasteiger partial charge in [-0.15, -0.1) is 0 Å². The molecule has 2 rings (SSSR count). The number of anilines is 1. The molecule has 1 aromatic rings. The van der Waals surface area contributed by atoms with E-state index >= 15 is 0 Å². The smallest absolute Gasteiger partial charge is 0.379 e. The first-order valence-corrected chi connectivity index (χ1v) is 7.14. The number of halogens is 2. The van der Waals surface area contributed by atoms with Gasteiger partial charge in [0.25, 0.3) is 0 Å². The first-order valence-electron chi connectivity index (χ1n) is 4.44. The number of benzene rings is 1. The lowest BCUT2D eigenvalue weighted by atomic mass is 10.1. The summed E-state index contributed by atoms with van der Waals surface area (Å²) in [6.45, 7) is -0.191. The molecule has 1 aliphatic rings. The molecule has 0 aromatic heterocycles. The maximum Gasteiger partial charge on any atom is 0.472 e. The second kappa shape index (κ2) is 4.20. The van der Waals surface area contributed by atoms with Crippen molar-refractivity contribution in [2.24, 2.45) is 0 Å². The molecule has 0 amide bonds. The zero-order chi connectivity index (χ0) is 12.8. The quantitative estimate of drug-likeness (QED) is 0.482. The molecule has 0 saturated heterocycles. The molecule has 6 nitrogen and oxygen atoms in total. The third kappa shape index (κ3) is 2.51. The summed E-state index contributed by atoms with van der Waals surface area (Å²) in [7, 11) is -4.83. The largest absolute Gasteiger partial charge is 0.472 e. The number of β-amino-alcohol motifs (C(OH)–C–C–N with tert-alkyl or cyclic N) is 1. The summed E-state index contributed by atoms with van der Waals surface area (Å²) in [4.78, 5) is 17.6. The third-order valence-corrected chi connectivity index (χ3v) is 4.10. The van der Waals surface area contributed by atoms with E-state index in [0.29, 0.717) is 10.2 Å². The number of phosphoric ester groups is 1. The van der Waals surface area contributed by atoms with Gasteiger partial charge in [-0.25, -0.2) is 9.09 Å². The number of hydrogen-bond donors (Lipinski definition) is 4. The molecule has 1 unspecified atom stereocenters. The number of fused-ring (bicyclic) bond motifs is 1. The molecule has 0 bridgehead atoms. The van der Waals surface area contributed by atoms with Crippen molar-refractivity contribution in [1.29, 1.82) is 0 Å². The average molecular weight is 344 g/mol. The molecule has 94 valence electrons. The molecular formula is C8H8BrClNO5P. The van der Waals surface area contributed by atoms with Crippen LogP contribution in [0.4, 0.5) is 5.69 Å². The minimum Gasteiger partial charge on any atom is -0.379 e. The Morgan fingerprint density at radius 2 is 2.18 bits per heavy atom. The van der Waals surface area contributed by atoms with E-state index in [-0.39, 0.29) is 17.1 Å². The second-order valence-corrected chi connectivity index (χ2v) is 5.90. The minimum absolute atomic E-state index is 0.108. The lowest BCUT2D eigenvalue weighted by molar-refractivity contribution is -0.140. The predicted molar refractivity (Wildman–Crippen MR) is 64.7 cm³/mol. The predicted octanol–water partition coefficient (Wildman–Crippen LogP) is 1.78. The SMILES string of the molecule is O=P(O)(O)OC1(O)CNc2ccc(Br)c(Cl)c21. The molecule has 0 saturated carbocycles. The van der Waals surface area contributed by atoms with E-state index in [2.05, 4.69) is 25.8 Å². The van der Waals surface area contributed by atoms with E-state index in [9.17, 15) is 9.67 Å². The van der Waals surface area contributed by atoms with Crippen LogP contribution < -0.4 is 5.32 Å². The van der Waals surface area contributed by atoms with Crippen LogP contribution in [0.5, 0.6) is 0 Å². The Bertz CT molecular complexity index is 521. The molecule has 0 fully saturated rings. The van der Waals surface area contributed by atoms with Gasteiger partial charge >= 0.3 is 7.82 Å².